The summed E-state index contributed by atoms with van der Waals surface area (Å²) in [5.74, 6) is 0.678. The molecule has 0 atom stereocenters. The van der Waals surface area contributed by atoms with Gasteiger partial charge in [0.05, 0.1) is 5.56 Å². The number of amides is 1. The first-order valence-corrected chi connectivity index (χ1v) is 6.61. The first kappa shape index (κ1) is 14.3. The van der Waals surface area contributed by atoms with Crippen LogP contribution in [0.1, 0.15) is 15.9 Å². The Balaban J connectivity index is 2.05. The van der Waals surface area contributed by atoms with Gasteiger partial charge in [-0.2, -0.15) is 0 Å². The number of hydrogen-bond donors (Lipinski definition) is 1. The summed E-state index contributed by atoms with van der Waals surface area (Å²) in [6.45, 7) is 0.532. The Bertz CT molecular complexity index is 581. The highest BCUT2D eigenvalue weighted by Gasteiger charge is 2.12. The highest BCUT2D eigenvalue weighted by Crippen LogP contribution is 2.13. The predicted octanol–water partition coefficient (Wildman–Crippen LogP) is 3.05. The lowest BCUT2D eigenvalue weighted by Crippen LogP contribution is -2.26. The van der Waals surface area contributed by atoms with Crippen LogP contribution in [0.4, 0.5) is 5.82 Å². The predicted molar refractivity (Wildman–Crippen MR) is 81.0 cm³/mol. The second-order valence-corrected chi connectivity index (χ2v) is 4.91. The van der Waals surface area contributed by atoms with Crippen LogP contribution < -0.4 is 5.32 Å². The van der Waals surface area contributed by atoms with Crippen molar-refractivity contribution in [2.45, 2.75) is 6.54 Å². The summed E-state index contributed by atoms with van der Waals surface area (Å²) < 4.78 is 0. The maximum Gasteiger partial charge on any atom is 0.255 e. The molecular formula is C15H16ClN3O. The molecule has 0 bridgehead atoms. The van der Waals surface area contributed by atoms with Gasteiger partial charge in [0.25, 0.3) is 5.91 Å². The molecule has 1 aromatic carbocycles. The molecule has 2 aromatic rings. The van der Waals surface area contributed by atoms with Crippen LogP contribution in [-0.4, -0.2) is 29.9 Å². The molecule has 20 heavy (non-hydrogen) atoms. The van der Waals surface area contributed by atoms with Crippen LogP contribution >= 0.6 is 11.6 Å². The quantitative estimate of drug-likeness (QED) is 0.941. The second kappa shape index (κ2) is 6.39. The van der Waals surface area contributed by atoms with Crippen molar-refractivity contribution in [3.63, 3.8) is 0 Å². The third-order valence-electron chi connectivity index (χ3n) is 2.95. The molecule has 0 radical (unpaired) electrons. The lowest BCUT2D eigenvalue weighted by molar-refractivity contribution is 0.0784. The molecule has 0 aliphatic rings. The van der Waals surface area contributed by atoms with E-state index in [1.807, 2.05) is 24.3 Å². The zero-order valence-electron chi connectivity index (χ0n) is 11.4. The number of aromatic nitrogens is 1. The minimum Gasteiger partial charge on any atom is -0.373 e. The van der Waals surface area contributed by atoms with Crippen LogP contribution in [0.25, 0.3) is 0 Å². The van der Waals surface area contributed by atoms with Gasteiger partial charge in [-0.1, -0.05) is 23.7 Å². The van der Waals surface area contributed by atoms with Crippen LogP contribution in [-0.2, 0) is 6.54 Å². The van der Waals surface area contributed by atoms with E-state index >= 15 is 0 Å². The van der Waals surface area contributed by atoms with E-state index in [1.165, 1.54) is 0 Å². The first-order valence-electron chi connectivity index (χ1n) is 6.24. The molecule has 0 aliphatic carbocycles. The summed E-state index contributed by atoms with van der Waals surface area (Å²) in [4.78, 5) is 18.1. The molecule has 1 amide bonds. The number of pyridine rings is 1. The van der Waals surface area contributed by atoms with Crippen molar-refractivity contribution in [2.24, 2.45) is 0 Å². The van der Waals surface area contributed by atoms with Gasteiger partial charge in [-0.25, -0.2) is 4.98 Å². The lowest BCUT2D eigenvalue weighted by Gasteiger charge is -2.17. The fraction of sp³-hybridized carbons (Fsp3) is 0.200. The van der Waals surface area contributed by atoms with Gasteiger partial charge in [-0.05, 0) is 29.8 Å². The van der Waals surface area contributed by atoms with Crippen LogP contribution in [0.2, 0.25) is 5.02 Å². The smallest absolute Gasteiger partial charge is 0.255 e. The molecular weight excluding hydrogens is 274 g/mol. The number of halogens is 1. The van der Waals surface area contributed by atoms with E-state index in [1.54, 1.807) is 37.3 Å². The van der Waals surface area contributed by atoms with Crippen molar-refractivity contribution in [1.82, 2.24) is 9.88 Å². The van der Waals surface area contributed by atoms with E-state index in [0.717, 1.165) is 11.4 Å². The molecule has 5 heteroatoms. The molecule has 4 nitrogen and oxygen atoms in total. The Morgan fingerprint density at radius 1 is 1.25 bits per heavy atom. The van der Waals surface area contributed by atoms with E-state index in [2.05, 4.69) is 10.3 Å². The summed E-state index contributed by atoms with van der Waals surface area (Å²) in [7, 11) is 3.55. The van der Waals surface area contributed by atoms with Gasteiger partial charge in [0.15, 0.2) is 0 Å². The second-order valence-electron chi connectivity index (χ2n) is 4.47. The van der Waals surface area contributed by atoms with E-state index in [9.17, 15) is 4.79 Å². The van der Waals surface area contributed by atoms with Crippen LogP contribution in [0.5, 0.6) is 0 Å². The van der Waals surface area contributed by atoms with Gasteiger partial charge in [-0.15, -0.1) is 0 Å². The summed E-state index contributed by atoms with van der Waals surface area (Å²) in [5, 5.41) is 3.61. The number of carbonyl (C=O) groups excluding carboxylic acids is 1. The molecule has 0 fully saturated rings. The zero-order chi connectivity index (χ0) is 14.5. The van der Waals surface area contributed by atoms with Crippen molar-refractivity contribution < 1.29 is 4.79 Å². The number of anilines is 1. The van der Waals surface area contributed by atoms with Crippen LogP contribution in [0.3, 0.4) is 0 Å². The Labute approximate surface area is 123 Å². The Morgan fingerprint density at radius 3 is 2.50 bits per heavy atom. The van der Waals surface area contributed by atoms with Crippen molar-refractivity contribution in [1.29, 1.82) is 0 Å². The summed E-state index contributed by atoms with van der Waals surface area (Å²) >= 11 is 5.84. The third kappa shape index (κ3) is 3.48. The van der Waals surface area contributed by atoms with Crippen molar-refractivity contribution in [3.8, 4) is 0 Å². The molecule has 2 rings (SSSR count). The number of benzene rings is 1. The largest absolute Gasteiger partial charge is 0.373 e. The van der Waals surface area contributed by atoms with Gasteiger partial charge in [0, 0.05) is 31.9 Å². The monoisotopic (exact) mass is 289 g/mol. The third-order valence-corrected chi connectivity index (χ3v) is 3.20. The molecule has 0 spiro atoms. The SMILES string of the molecule is CNc1ccc(C(=O)N(C)Cc2ccc(Cl)cc2)cn1. The maximum absolute atomic E-state index is 12.3. The van der Waals surface area contributed by atoms with Gasteiger partial charge in [0.1, 0.15) is 5.82 Å². The molecule has 1 N–H and O–H groups in total. The number of rotatable bonds is 4. The normalized spacial score (nSPS) is 10.2. The molecule has 1 aromatic heterocycles. The highest BCUT2D eigenvalue weighted by molar-refractivity contribution is 6.30. The lowest BCUT2D eigenvalue weighted by atomic mass is 10.2. The Hall–Kier alpha value is -2.07. The van der Waals surface area contributed by atoms with Gasteiger partial charge >= 0.3 is 0 Å². The topological polar surface area (TPSA) is 45.2 Å². The maximum atomic E-state index is 12.3. The van der Waals surface area contributed by atoms with Crippen molar-refractivity contribution >= 4 is 23.3 Å². The number of hydrogen-bond acceptors (Lipinski definition) is 3. The Morgan fingerprint density at radius 2 is 1.95 bits per heavy atom. The first-order chi connectivity index (χ1) is 9.60. The summed E-state index contributed by atoms with van der Waals surface area (Å²) in [6.07, 6.45) is 1.58. The fourth-order valence-corrected chi connectivity index (χ4v) is 1.95. The van der Waals surface area contributed by atoms with Crippen molar-refractivity contribution in [2.75, 3.05) is 19.4 Å². The number of nitrogens with one attached hydrogen (secondary N) is 1. The highest BCUT2D eigenvalue weighted by atomic mass is 35.5. The molecule has 0 saturated heterocycles. The summed E-state index contributed by atoms with van der Waals surface area (Å²) in [5.41, 5.74) is 1.60. The van der Waals surface area contributed by atoms with Gasteiger partial charge < -0.3 is 10.2 Å². The molecule has 1 heterocycles. The molecule has 0 aliphatic heterocycles. The molecule has 0 saturated carbocycles. The van der Waals surface area contributed by atoms with Gasteiger partial charge in [0.2, 0.25) is 0 Å². The van der Waals surface area contributed by atoms with Crippen molar-refractivity contribution in [3.05, 3.63) is 58.7 Å². The molecule has 104 valence electrons. The van der Waals surface area contributed by atoms with Crippen LogP contribution in [0.15, 0.2) is 42.6 Å². The summed E-state index contributed by atoms with van der Waals surface area (Å²) in [6, 6.07) is 11.0. The standard InChI is InChI=1S/C15H16ClN3O/c1-17-14-8-5-12(9-18-14)15(20)19(2)10-11-3-6-13(16)7-4-11/h3-9H,10H2,1-2H3,(H,17,18). The number of nitrogens with zero attached hydrogens (tertiary/aromatic N) is 2. The minimum absolute atomic E-state index is 0.0601. The average Bonchev–Trinajstić information content (AvgIpc) is 2.49. The van der Waals surface area contributed by atoms with Gasteiger partial charge in [-0.3, -0.25) is 4.79 Å². The number of carbonyl (C=O) groups is 1. The van der Waals surface area contributed by atoms with Crippen LogP contribution in [0, 0.1) is 0 Å². The molecule has 0 unspecified atom stereocenters. The fourth-order valence-electron chi connectivity index (χ4n) is 1.82. The van der Waals surface area contributed by atoms with E-state index in [0.29, 0.717) is 17.1 Å². The average molecular weight is 290 g/mol. The van der Waals surface area contributed by atoms with E-state index in [-0.39, 0.29) is 5.91 Å². The van der Waals surface area contributed by atoms with E-state index in [4.69, 9.17) is 11.6 Å². The Kier molecular flexibility index (Phi) is 4.58. The van der Waals surface area contributed by atoms with E-state index < -0.39 is 0 Å². The zero-order valence-corrected chi connectivity index (χ0v) is 12.2. The minimum atomic E-state index is -0.0601.